The number of alkyl halides is 2. The molecule has 2 aromatic carbocycles. The predicted molar refractivity (Wildman–Crippen MR) is 171 cm³/mol. The van der Waals surface area contributed by atoms with E-state index in [1.165, 1.54) is 53.7 Å². The zero-order valence-corrected chi connectivity index (χ0v) is 26.1. The van der Waals surface area contributed by atoms with Gasteiger partial charge in [0.1, 0.15) is 17.7 Å². The van der Waals surface area contributed by atoms with Crippen molar-refractivity contribution in [2.75, 3.05) is 9.80 Å². The van der Waals surface area contributed by atoms with Crippen LogP contribution in [-0.4, -0.2) is 45.7 Å². The Balaban J connectivity index is 1.42. The number of benzene rings is 2. The van der Waals surface area contributed by atoms with Crippen molar-refractivity contribution in [3.8, 4) is 17.2 Å². The van der Waals surface area contributed by atoms with Crippen LogP contribution in [0, 0.1) is 17.1 Å². The normalized spacial score (nSPS) is 17.7. The van der Waals surface area contributed by atoms with Crippen LogP contribution in [0.15, 0.2) is 85.3 Å². The van der Waals surface area contributed by atoms with Gasteiger partial charge in [0.15, 0.2) is 0 Å². The number of carbonyl (C=O) groups is 3. The molecule has 2 atom stereocenters. The van der Waals surface area contributed by atoms with Gasteiger partial charge in [-0.3, -0.25) is 29.2 Å². The molecule has 1 aliphatic carbocycles. The number of hydrogen-bond donors (Lipinski definition) is 1. The first kappa shape index (κ1) is 32.7. The highest BCUT2D eigenvalue weighted by Crippen LogP contribution is 2.40. The summed E-state index contributed by atoms with van der Waals surface area (Å²) in [6.45, 7) is 0. The molecule has 1 aliphatic heterocycles. The number of pyridine rings is 2. The summed E-state index contributed by atoms with van der Waals surface area (Å²) in [5.74, 6) is -5.18. The standard InChI is InChI=1S/C35H28ClF3N6O3/c36-28-6-2-1-5-27(28)33(34(48)43-23-17-35(38,39)18-23)45(24-7-9-26(29(37)15-24)22-4-3-12-41-20-22)32(47)16-25-8-10-31(46)44(25)30-14-21(19-40)11-13-42-30/h1-7,9,11-15,20,23,25,33H,8,10,16-18H2,(H,43,48). The quantitative estimate of drug-likeness (QED) is 0.220. The van der Waals surface area contributed by atoms with Gasteiger partial charge in [0.25, 0.3) is 5.92 Å². The van der Waals surface area contributed by atoms with E-state index in [2.05, 4.69) is 15.3 Å². The van der Waals surface area contributed by atoms with E-state index >= 15 is 4.39 Å². The predicted octanol–water partition coefficient (Wildman–Crippen LogP) is 6.38. The number of halogens is 4. The summed E-state index contributed by atoms with van der Waals surface area (Å²) >= 11 is 6.58. The molecule has 0 bridgehead atoms. The van der Waals surface area contributed by atoms with E-state index in [1.54, 1.807) is 30.5 Å². The van der Waals surface area contributed by atoms with Gasteiger partial charge in [0.05, 0.1) is 11.6 Å². The van der Waals surface area contributed by atoms with Crippen LogP contribution in [0.5, 0.6) is 0 Å². The Morgan fingerprint density at radius 1 is 1.10 bits per heavy atom. The molecule has 48 heavy (non-hydrogen) atoms. The van der Waals surface area contributed by atoms with E-state index in [0.29, 0.717) is 5.56 Å². The van der Waals surface area contributed by atoms with E-state index in [9.17, 15) is 28.4 Å². The smallest absolute Gasteiger partial charge is 0.252 e. The van der Waals surface area contributed by atoms with Gasteiger partial charge in [-0.05, 0) is 48.9 Å². The molecule has 1 N–H and O–H groups in total. The van der Waals surface area contributed by atoms with Crippen LogP contribution in [0.25, 0.3) is 11.1 Å². The van der Waals surface area contributed by atoms with Gasteiger partial charge in [-0.25, -0.2) is 18.2 Å². The molecule has 0 radical (unpaired) electrons. The summed E-state index contributed by atoms with van der Waals surface area (Å²) in [7, 11) is 0. The Bertz CT molecular complexity index is 1910. The maximum atomic E-state index is 15.8. The Hall–Kier alpha value is -5.28. The molecule has 0 spiro atoms. The van der Waals surface area contributed by atoms with E-state index in [4.69, 9.17) is 11.6 Å². The van der Waals surface area contributed by atoms with Gasteiger partial charge < -0.3 is 5.32 Å². The fourth-order valence-electron chi connectivity index (χ4n) is 6.16. The fraction of sp³-hybridized carbons (Fsp3) is 0.257. The van der Waals surface area contributed by atoms with Gasteiger partial charge in [-0.1, -0.05) is 35.9 Å². The number of amides is 3. The molecule has 9 nitrogen and oxygen atoms in total. The highest BCUT2D eigenvalue weighted by molar-refractivity contribution is 6.31. The fourth-order valence-corrected chi connectivity index (χ4v) is 6.40. The van der Waals surface area contributed by atoms with Crippen molar-refractivity contribution in [3.63, 3.8) is 0 Å². The third kappa shape index (κ3) is 6.73. The Morgan fingerprint density at radius 3 is 2.58 bits per heavy atom. The molecule has 1 saturated heterocycles. The lowest BCUT2D eigenvalue weighted by molar-refractivity contribution is -0.133. The third-order valence-electron chi connectivity index (χ3n) is 8.47. The molecule has 244 valence electrons. The Labute approximate surface area is 279 Å². The van der Waals surface area contributed by atoms with Gasteiger partial charge in [-0.2, -0.15) is 5.26 Å². The van der Waals surface area contributed by atoms with E-state index in [1.807, 2.05) is 6.07 Å². The number of aromatic nitrogens is 2. The third-order valence-corrected chi connectivity index (χ3v) is 8.82. The van der Waals surface area contributed by atoms with Gasteiger partial charge in [-0.15, -0.1) is 0 Å². The van der Waals surface area contributed by atoms with E-state index < -0.39 is 54.5 Å². The summed E-state index contributed by atoms with van der Waals surface area (Å²) in [5, 5.41) is 12.1. The summed E-state index contributed by atoms with van der Waals surface area (Å²) in [6, 6.07) is 15.6. The molecule has 2 fully saturated rings. The first-order valence-electron chi connectivity index (χ1n) is 15.2. The van der Waals surface area contributed by atoms with Crippen molar-refractivity contribution in [2.24, 2.45) is 0 Å². The van der Waals surface area contributed by atoms with Crippen LogP contribution < -0.4 is 15.1 Å². The number of nitrogens with zero attached hydrogens (tertiary/aromatic N) is 5. The number of hydrogen-bond acceptors (Lipinski definition) is 6. The first-order chi connectivity index (χ1) is 23.0. The van der Waals surface area contributed by atoms with Gasteiger partial charge >= 0.3 is 0 Å². The van der Waals surface area contributed by atoms with Crippen LogP contribution in [0.3, 0.4) is 0 Å². The maximum absolute atomic E-state index is 15.8. The average molecular weight is 673 g/mol. The Morgan fingerprint density at radius 2 is 1.90 bits per heavy atom. The second kappa shape index (κ2) is 13.4. The van der Waals surface area contributed by atoms with Crippen LogP contribution in [0.4, 0.5) is 24.7 Å². The van der Waals surface area contributed by atoms with Gasteiger partial charge in [0.2, 0.25) is 17.7 Å². The molecule has 6 rings (SSSR count). The first-order valence-corrected chi connectivity index (χ1v) is 15.6. The summed E-state index contributed by atoms with van der Waals surface area (Å²) in [5.41, 5.74) is 1.15. The number of nitriles is 1. The number of rotatable bonds is 9. The largest absolute Gasteiger partial charge is 0.351 e. The number of anilines is 2. The minimum atomic E-state index is -2.92. The molecule has 3 heterocycles. The minimum absolute atomic E-state index is 0.00428. The molecular weight excluding hydrogens is 645 g/mol. The second-order valence-electron chi connectivity index (χ2n) is 11.7. The molecule has 4 aromatic rings. The molecule has 13 heteroatoms. The van der Waals surface area contributed by atoms with Crippen molar-refractivity contribution in [1.82, 2.24) is 15.3 Å². The lowest BCUT2D eigenvalue weighted by atomic mass is 9.87. The summed E-state index contributed by atoms with van der Waals surface area (Å²) < 4.78 is 43.3. The van der Waals surface area contributed by atoms with Crippen LogP contribution >= 0.6 is 11.6 Å². The van der Waals surface area contributed by atoms with E-state index in [-0.39, 0.29) is 58.4 Å². The van der Waals surface area contributed by atoms with Crippen molar-refractivity contribution in [2.45, 2.75) is 56.2 Å². The highest BCUT2D eigenvalue weighted by Gasteiger charge is 2.47. The van der Waals surface area contributed by atoms with E-state index in [0.717, 1.165) is 11.0 Å². The molecule has 2 aliphatic rings. The maximum Gasteiger partial charge on any atom is 0.252 e. The van der Waals surface area contributed by atoms with Crippen LogP contribution in [0.2, 0.25) is 5.02 Å². The molecular formula is C35H28ClF3N6O3. The number of carbonyl (C=O) groups excluding carboxylic acids is 3. The summed E-state index contributed by atoms with van der Waals surface area (Å²) in [4.78, 5) is 52.3. The topological polar surface area (TPSA) is 119 Å². The zero-order chi connectivity index (χ0) is 34.0. The van der Waals surface area contributed by atoms with Crippen molar-refractivity contribution < 1.29 is 27.6 Å². The second-order valence-corrected chi connectivity index (χ2v) is 12.1. The molecule has 3 amide bonds. The molecule has 2 aromatic heterocycles. The molecule has 2 unspecified atom stereocenters. The zero-order valence-electron chi connectivity index (χ0n) is 25.3. The minimum Gasteiger partial charge on any atom is -0.351 e. The number of nitrogens with one attached hydrogen (secondary N) is 1. The summed E-state index contributed by atoms with van der Waals surface area (Å²) in [6.07, 6.45) is 3.35. The van der Waals surface area contributed by atoms with Crippen molar-refractivity contribution >= 4 is 40.8 Å². The monoisotopic (exact) mass is 672 g/mol. The van der Waals surface area contributed by atoms with Crippen LogP contribution in [0.1, 0.15) is 49.3 Å². The lowest BCUT2D eigenvalue weighted by Gasteiger charge is -2.38. The van der Waals surface area contributed by atoms with Crippen LogP contribution in [-0.2, 0) is 14.4 Å². The average Bonchev–Trinajstić information content (AvgIpc) is 3.42. The van der Waals surface area contributed by atoms with Crippen molar-refractivity contribution in [3.05, 3.63) is 107 Å². The molecule has 1 saturated carbocycles. The highest BCUT2D eigenvalue weighted by atomic mass is 35.5. The van der Waals surface area contributed by atoms with Crippen molar-refractivity contribution in [1.29, 1.82) is 5.26 Å². The van der Waals surface area contributed by atoms with Gasteiger partial charge in [0, 0.05) is 83.8 Å². The Kier molecular flexibility index (Phi) is 9.15. The lowest BCUT2D eigenvalue weighted by Crippen LogP contribution is -2.54. The SMILES string of the molecule is N#Cc1ccnc(N2C(=O)CCC2CC(=O)N(c2ccc(-c3cccnc3)c(F)c2)C(C(=O)NC2CC(F)(F)C2)c2ccccc2Cl)c1.